The molecule has 2 heterocycles. The zero-order chi connectivity index (χ0) is 12.4. The Kier molecular flexibility index (Phi) is 3.26. The van der Waals surface area contributed by atoms with Gasteiger partial charge in [-0.25, -0.2) is 0 Å². The van der Waals surface area contributed by atoms with E-state index >= 15 is 0 Å². The molecular weight excluding hydrogens is 224 g/mol. The van der Waals surface area contributed by atoms with E-state index in [9.17, 15) is 5.11 Å². The molecule has 3 heteroatoms. The van der Waals surface area contributed by atoms with E-state index in [1.807, 2.05) is 30.3 Å². The number of rotatable bonds is 2. The number of piperidine rings is 1. The van der Waals surface area contributed by atoms with E-state index in [0.717, 1.165) is 29.4 Å². The van der Waals surface area contributed by atoms with E-state index in [4.69, 9.17) is 0 Å². The van der Waals surface area contributed by atoms with Gasteiger partial charge in [0.25, 0.3) is 0 Å². The van der Waals surface area contributed by atoms with Gasteiger partial charge in [-0.15, -0.1) is 0 Å². The number of fused-ring (bicyclic) bond motifs is 1. The Balaban J connectivity index is 1.97. The fraction of sp³-hybridized carbons (Fsp3) is 0.400. The van der Waals surface area contributed by atoms with Crippen LogP contribution >= 0.6 is 0 Å². The predicted molar refractivity (Wildman–Crippen MR) is 72.3 cm³/mol. The Morgan fingerprint density at radius 1 is 1.22 bits per heavy atom. The van der Waals surface area contributed by atoms with Crippen LogP contribution in [0.4, 0.5) is 0 Å². The van der Waals surface area contributed by atoms with Crippen LogP contribution in [0, 0.1) is 0 Å². The molecule has 1 aromatic heterocycles. The molecule has 0 bridgehead atoms. The second-order valence-corrected chi connectivity index (χ2v) is 4.92. The van der Waals surface area contributed by atoms with E-state index in [-0.39, 0.29) is 6.04 Å². The van der Waals surface area contributed by atoms with Gasteiger partial charge in [0.15, 0.2) is 0 Å². The van der Waals surface area contributed by atoms with Crippen LogP contribution in [-0.2, 0) is 0 Å². The van der Waals surface area contributed by atoms with Gasteiger partial charge in [-0.05, 0) is 37.1 Å². The van der Waals surface area contributed by atoms with Crippen molar-refractivity contribution in [2.24, 2.45) is 0 Å². The minimum Gasteiger partial charge on any atom is -0.387 e. The fourth-order valence-corrected chi connectivity index (χ4v) is 2.75. The van der Waals surface area contributed by atoms with Gasteiger partial charge < -0.3 is 10.4 Å². The van der Waals surface area contributed by atoms with Gasteiger partial charge in [0.2, 0.25) is 0 Å². The van der Waals surface area contributed by atoms with E-state index in [1.54, 1.807) is 6.20 Å². The number of nitrogens with zero attached hydrogens (tertiary/aromatic N) is 1. The topological polar surface area (TPSA) is 45.2 Å². The van der Waals surface area contributed by atoms with Crippen LogP contribution in [0.25, 0.3) is 10.9 Å². The maximum atomic E-state index is 10.6. The van der Waals surface area contributed by atoms with Crippen LogP contribution in [0.5, 0.6) is 0 Å². The highest BCUT2D eigenvalue weighted by molar-refractivity contribution is 5.82. The molecule has 94 valence electrons. The van der Waals surface area contributed by atoms with Crippen molar-refractivity contribution in [1.82, 2.24) is 10.3 Å². The van der Waals surface area contributed by atoms with E-state index in [1.165, 1.54) is 12.8 Å². The first-order valence-electron chi connectivity index (χ1n) is 6.61. The Morgan fingerprint density at radius 2 is 2.17 bits per heavy atom. The fourth-order valence-electron chi connectivity index (χ4n) is 2.75. The first-order valence-corrected chi connectivity index (χ1v) is 6.61. The number of hydrogen-bond donors (Lipinski definition) is 2. The Hall–Kier alpha value is -1.45. The second kappa shape index (κ2) is 5.04. The van der Waals surface area contributed by atoms with Crippen LogP contribution in [0.3, 0.4) is 0 Å². The van der Waals surface area contributed by atoms with Crippen LogP contribution in [0.15, 0.2) is 36.5 Å². The zero-order valence-corrected chi connectivity index (χ0v) is 10.3. The molecule has 3 rings (SSSR count). The van der Waals surface area contributed by atoms with Crippen molar-refractivity contribution in [2.45, 2.75) is 31.4 Å². The molecule has 1 saturated heterocycles. The number of nitrogens with one attached hydrogen (secondary N) is 1. The molecule has 2 atom stereocenters. The molecular formula is C15H18N2O. The van der Waals surface area contributed by atoms with E-state index in [2.05, 4.69) is 10.3 Å². The van der Waals surface area contributed by atoms with Gasteiger partial charge in [0, 0.05) is 17.6 Å². The van der Waals surface area contributed by atoms with E-state index < -0.39 is 6.10 Å². The van der Waals surface area contributed by atoms with E-state index in [0.29, 0.717) is 0 Å². The average Bonchev–Trinajstić information content (AvgIpc) is 2.47. The standard InChI is InChI=1S/C15H18N2O/c18-15(14-7-1-2-9-17-14)12-5-3-8-13-11(12)6-4-10-16-13/h3-6,8,10,14-15,17-18H,1-2,7,9H2/t14-,15+/m1/s1. The van der Waals surface area contributed by atoms with Crippen molar-refractivity contribution in [2.75, 3.05) is 6.54 Å². The highest BCUT2D eigenvalue weighted by Gasteiger charge is 2.23. The average molecular weight is 242 g/mol. The van der Waals surface area contributed by atoms with Gasteiger partial charge in [0.1, 0.15) is 0 Å². The molecule has 3 nitrogen and oxygen atoms in total. The molecule has 0 amide bonds. The number of benzene rings is 1. The summed E-state index contributed by atoms with van der Waals surface area (Å²) in [4.78, 5) is 4.34. The summed E-state index contributed by atoms with van der Waals surface area (Å²) in [6.45, 7) is 1.00. The lowest BCUT2D eigenvalue weighted by atomic mass is 9.93. The molecule has 1 aliphatic rings. The van der Waals surface area contributed by atoms with Crippen LogP contribution in [0.2, 0.25) is 0 Å². The van der Waals surface area contributed by atoms with Crippen LogP contribution in [-0.4, -0.2) is 22.7 Å². The highest BCUT2D eigenvalue weighted by Crippen LogP contribution is 2.28. The molecule has 0 spiro atoms. The lowest BCUT2D eigenvalue weighted by molar-refractivity contribution is 0.115. The highest BCUT2D eigenvalue weighted by atomic mass is 16.3. The molecule has 2 N–H and O–H groups in total. The molecule has 1 fully saturated rings. The van der Waals surface area contributed by atoms with Crippen molar-refractivity contribution < 1.29 is 5.11 Å². The second-order valence-electron chi connectivity index (χ2n) is 4.92. The van der Waals surface area contributed by atoms with Gasteiger partial charge in [-0.1, -0.05) is 24.6 Å². The number of hydrogen-bond acceptors (Lipinski definition) is 3. The first kappa shape index (κ1) is 11.6. The van der Waals surface area contributed by atoms with Crippen molar-refractivity contribution in [3.8, 4) is 0 Å². The Morgan fingerprint density at radius 3 is 3.00 bits per heavy atom. The lowest BCUT2D eigenvalue weighted by Crippen LogP contribution is -2.38. The number of aliphatic hydroxyl groups excluding tert-OH is 1. The van der Waals surface area contributed by atoms with Crippen molar-refractivity contribution in [3.05, 3.63) is 42.1 Å². The molecule has 1 aliphatic heterocycles. The summed E-state index contributed by atoms with van der Waals surface area (Å²) in [6.07, 6.45) is 4.78. The monoisotopic (exact) mass is 242 g/mol. The summed E-state index contributed by atoms with van der Waals surface area (Å²) in [7, 11) is 0. The third kappa shape index (κ3) is 2.11. The third-order valence-electron chi connectivity index (χ3n) is 3.73. The molecule has 0 radical (unpaired) electrons. The van der Waals surface area contributed by atoms with Gasteiger partial charge in [0.05, 0.1) is 11.6 Å². The third-order valence-corrected chi connectivity index (χ3v) is 3.73. The smallest absolute Gasteiger partial charge is 0.0949 e. The van der Waals surface area contributed by atoms with Gasteiger partial charge in [-0.2, -0.15) is 0 Å². The molecule has 18 heavy (non-hydrogen) atoms. The maximum absolute atomic E-state index is 10.6. The summed E-state index contributed by atoms with van der Waals surface area (Å²) in [5, 5.41) is 15.0. The van der Waals surface area contributed by atoms with Crippen LogP contribution in [0.1, 0.15) is 30.9 Å². The zero-order valence-electron chi connectivity index (χ0n) is 10.3. The maximum Gasteiger partial charge on any atom is 0.0949 e. The molecule has 0 saturated carbocycles. The largest absolute Gasteiger partial charge is 0.387 e. The summed E-state index contributed by atoms with van der Waals surface area (Å²) in [6, 6.07) is 10.1. The SMILES string of the molecule is O[C@@H](c1cccc2ncccc12)[C@H]1CCCCN1. The number of pyridine rings is 1. The summed E-state index contributed by atoms with van der Waals surface area (Å²) < 4.78 is 0. The molecule has 0 unspecified atom stereocenters. The quantitative estimate of drug-likeness (QED) is 0.850. The molecule has 0 aliphatic carbocycles. The van der Waals surface area contributed by atoms with Crippen molar-refractivity contribution in [3.63, 3.8) is 0 Å². The summed E-state index contributed by atoms with van der Waals surface area (Å²) in [5.41, 5.74) is 1.94. The van der Waals surface area contributed by atoms with Crippen LogP contribution < -0.4 is 5.32 Å². The first-order chi connectivity index (χ1) is 8.86. The van der Waals surface area contributed by atoms with Crippen molar-refractivity contribution >= 4 is 10.9 Å². The Bertz CT molecular complexity index is 530. The lowest BCUT2D eigenvalue weighted by Gasteiger charge is -2.28. The Labute approximate surface area is 107 Å². The number of aliphatic hydroxyl groups is 1. The van der Waals surface area contributed by atoms with Gasteiger partial charge in [-0.3, -0.25) is 4.98 Å². The minimum absolute atomic E-state index is 0.171. The summed E-state index contributed by atoms with van der Waals surface area (Å²) in [5.74, 6) is 0. The van der Waals surface area contributed by atoms with Crippen molar-refractivity contribution in [1.29, 1.82) is 0 Å². The normalized spacial score (nSPS) is 21.9. The molecule has 1 aromatic carbocycles. The van der Waals surface area contributed by atoms with Gasteiger partial charge >= 0.3 is 0 Å². The summed E-state index contributed by atoms with van der Waals surface area (Å²) >= 11 is 0. The predicted octanol–water partition coefficient (Wildman–Crippen LogP) is 2.41. The molecule has 2 aromatic rings. The minimum atomic E-state index is -0.446. The number of aromatic nitrogens is 1.